The smallest absolute Gasteiger partial charge is 0.857 e. The Morgan fingerprint density at radius 2 is 0.909 bits per heavy atom. The summed E-state index contributed by atoms with van der Waals surface area (Å²) in [5.41, 5.74) is 2.99. The third kappa shape index (κ3) is 8.62. The molecule has 4 rings (SSSR count). The normalized spacial score (nSPS) is 20.7. The molecular weight excluding hydrogens is 520 g/mol. The summed E-state index contributed by atoms with van der Waals surface area (Å²) in [6.07, 6.45) is 19.4. The van der Waals surface area contributed by atoms with Crippen molar-refractivity contribution in [1.29, 1.82) is 0 Å². The predicted octanol–water partition coefficient (Wildman–Crippen LogP) is 3.76. The molecule has 33 heavy (non-hydrogen) atoms. The van der Waals surface area contributed by atoms with Crippen LogP contribution in [0.4, 0.5) is 0 Å². The summed E-state index contributed by atoms with van der Waals surface area (Å²) in [5.74, 6) is 0. The van der Waals surface area contributed by atoms with Crippen LogP contribution >= 0.6 is 0 Å². The van der Waals surface area contributed by atoms with Gasteiger partial charge in [-0.2, -0.15) is 26.4 Å². The fourth-order valence-electron chi connectivity index (χ4n) is 5.36. The van der Waals surface area contributed by atoms with E-state index in [9.17, 15) is 0 Å². The van der Waals surface area contributed by atoms with Gasteiger partial charge in [0.2, 0.25) is 0 Å². The SMILES string of the molecule is CC1=CC[C-]=C1[Si](C)(C)N1CCCC1.CC1=CC[C-]=C1[Si](C)(C)N1CCCC1.C[O-].C[O-].[Zr+4]. The zero-order valence-electron chi connectivity index (χ0n) is 22.4. The maximum Gasteiger partial charge on any atom is 4.00 e. The van der Waals surface area contributed by atoms with Crippen molar-refractivity contribution in [2.45, 2.75) is 78.6 Å². The zero-order chi connectivity index (χ0) is 24.4. The van der Waals surface area contributed by atoms with Crippen LogP contribution in [0, 0.1) is 12.2 Å². The molecule has 4 aliphatic rings. The second-order valence-electron chi connectivity index (χ2n) is 9.79. The van der Waals surface area contributed by atoms with Gasteiger partial charge in [0.05, 0.1) is 0 Å². The van der Waals surface area contributed by atoms with Crippen molar-refractivity contribution in [2.24, 2.45) is 0 Å². The van der Waals surface area contributed by atoms with Crippen LogP contribution in [0.5, 0.6) is 0 Å². The minimum atomic E-state index is -1.33. The molecule has 2 aliphatic heterocycles. The minimum absolute atomic E-state index is 0. The molecule has 0 amide bonds. The van der Waals surface area contributed by atoms with Crippen LogP contribution in [0.2, 0.25) is 26.2 Å². The van der Waals surface area contributed by atoms with E-state index in [1.54, 1.807) is 10.4 Å². The van der Waals surface area contributed by atoms with Crippen molar-refractivity contribution in [3.63, 3.8) is 0 Å². The van der Waals surface area contributed by atoms with Crippen LogP contribution in [0.25, 0.3) is 0 Å². The van der Waals surface area contributed by atoms with Crippen LogP contribution in [-0.4, -0.2) is 66.0 Å². The third-order valence-corrected chi connectivity index (χ3v) is 14.8. The van der Waals surface area contributed by atoms with Gasteiger partial charge in [-0.15, -0.1) is 26.7 Å². The van der Waals surface area contributed by atoms with Crippen LogP contribution < -0.4 is 10.2 Å². The van der Waals surface area contributed by atoms with Crippen molar-refractivity contribution in [3.05, 3.63) is 45.8 Å². The topological polar surface area (TPSA) is 52.6 Å². The van der Waals surface area contributed by atoms with Gasteiger partial charge in [-0.1, -0.05) is 26.2 Å². The molecule has 2 saturated heterocycles. The Kier molecular flexibility index (Phi) is 16.0. The van der Waals surface area contributed by atoms with Crippen molar-refractivity contribution in [3.8, 4) is 0 Å². The summed E-state index contributed by atoms with van der Waals surface area (Å²) in [4.78, 5) is 0. The number of allylic oxidation sites excluding steroid dienone is 8. The molecule has 2 aliphatic carbocycles. The van der Waals surface area contributed by atoms with E-state index in [-0.39, 0.29) is 26.2 Å². The molecule has 4 nitrogen and oxygen atoms in total. The molecule has 0 radical (unpaired) electrons. The van der Waals surface area contributed by atoms with E-state index in [1.807, 2.05) is 0 Å². The van der Waals surface area contributed by atoms with Gasteiger partial charge in [0.25, 0.3) is 0 Å². The average Bonchev–Trinajstić information content (AvgIpc) is 3.59. The van der Waals surface area contributed by atoms with Crippen molar-refractivity contribution >= 4 is 16.5 Å². The molecule has 2 fully saturated rings. The first-order valence-corrected chi connectivity index (χ1v) is 18.0. The van der Waals surface area contributed by atoms with E-state index < -0.39 is 16.5 Å². The van der Waals surface area contributed by atoms with Crippen LogP contribution in [0.15, 0.2) is 33.7 Å². The van der Waals surface area contributed by atoms with Gasteiger partial charge in [0, 0.05) is 0 Å². The summed E-state index contributed by atoms with van der Waals surface area (Å²) >= 11 is 0. The molecule has 0 aromatic heterocycles. The maximum atomic E-state index is 8.25. The van der Waals surface area contributed by atoms with Gasteiger partial charge in [-0.05, 0) is 51.9 Å². The molecule has 184 valence electrons. The first-order chi connectivity index (χ1) is 15.2. The molecule has 0 aromatic carbocycles. The summed E-state index contributed by atoms with van der Waals surface area (Å²) in [5, 5.41) is 19.6. The molecule has 0 unspecified atom stereocenters. The van der Waals surface area contributed by atoms with Crippen molar-refractivity contribution in [1.82, 2.24) is 9.13 Å². The molecular formula is C26H46N2O2Si2Zr. The van der Waals surface area contributed by atoms with Gasteiger partial charge in [-0.25, -0.2) is 21.5 Å². The monoisotopic (exact) mass is 564 g/mol. The molecule has 0 spiro atoms. The maximum absolute atomic E-state index is 8.25. The standard InChI is InChI=1S/2C12H20NSi.2CH3O.Zr/c2*1-11-7-6-8-12(11)14(2,3)13-9-4-5-10-13;2*1-2;/h2*7H,4-6,9-10H2,1-3H3;2*1H3;/q4*-1;+4. The van der Waals surface area contributed by atoms with E-state index in [0.29, 0.717) is 0 Å². The van der Waals surface area contributed by atoms with Crippen molar-refractivity contribution in [2.75, 3.05) is 40.4 Å². The van der Waals surface area contributed by atoms with Crippen molar-refractivity contribution < 1.29 is 36.4 Å². The summed E-state index contributed by atoms with van der Waals surface area (Å²) in [7, 11) is -1.16. The second kappa shape index (κ2) is 16.0. The van der Waals surface area contributed by atoms with Gasteiger partial charge in [0.1, 0.15) is 16.5 Å². The van der Waals surface area contributed by atoms with E-state index in [0.717, 1.165) is 27.1 Å². The fraction of sp³-hybridized carbons (Fsp3) is 0.692. The van der Waals surface area contributed by atoms with Gasteiger partial charge in [0.15, 0.2) is 0 Å². The number of hydrogen-bond donors (Lipinski definition) is 0. The van der Waals surface area contributed by atoms with E-state index in [2.05, 4.69) is 73.5 Å². The molecule has 0 bridgehead atoms. The molecule has 7 heteroatoms. The summed E-state index contributed by atoms with van der Waals surface area (Å²) in [6, 6.07) is 0. The number of nitrogens with zero attached hydrogens (tertiary/aromatic N) is 2. The Morgan fingerprint density at radius 3 is 1.12 bits per heavy atom. The zero-order valence-corrected chi connectivity index (χ0v) is 26.9. The Hall–Kier alpha value is 0.117. The van der Waals surface area contributed by atoms with Gasteiger partial charge in [-0.3, -0.25) is 12.2 Å². The third-order valence-electron chi connectivity index (χ3n) is 7.18. The molecule has 0 N–H and O–H groups in total. The largest absolute Gasteiger partial charge is 4.00 e. The van der Waals surface area contributed by atoms with Gasteiger partial charge >= 0.3 is 26.2 Å². The molecule has 0 atom stereocenters. The van der Waals surface area contributed by atoms with E-state index in [1.165, 1.54) is 63.0 Å². The molecule has 2 heterocycles. The fourth-order valence-corrected chi connectivity index (χ4v) is 12.1. The van der Waals surface area contributed by atoms with Crippen LogP contribution in [-0.2, 0) is 26.2 Å². The minimum Gasteiger partial charge on any atom is -0.857 e. The van der Waals surface area contributed by atoms with Crippen LogP contribution in [0.3, 0.4) is 0 Å². The first-order valence-electron chi connectivity index (χ1n) is 12.1. The number of rotatable bonds is 4. The number of hydrogen-bond acceptors (Lipinski definition) is 4. The van der Waals surface area contributed by atoms with Crippen LogP contribution in [0.1, 0.15) is 52.4 Å². The predicted molar refractivity (Wildman–Crippen MR) is 139 cm³/mol. The summed E-state index contributed by atoms with van der Waals surface area (Å²) in [6.45, 7) is 19.7. The quantitative estimate of drug-likeness (QED) is 0.385. The second-order valence-corrected chi connectivity index (χ2v) is 18.3. The molecule has 0 saturated carbocycles. The average molecular weight is 566 g/mol. The first kappa shape index (κ1) is 33.1. The van der Waals surface area contributed by atoms with E-state index in [4.69, 9.17) is 10.2 Å². The Balaban J connectivity index is 0.000000526. The Labute approximate surface area is 225 Å². The molecule has 0 aromatic rings. The Bertz CT molecular complexity index is 643. The Morgan fingerprint density at radius 1 is 0.636 bits per heavy atom. The van der Waals surface area contributed by atoms with Gasteiger partial charge < -0.3 is 19.3 Å². The summed E-state index contributed by atoms with van der Waals surface area (Å²) < 4.78 is 5.47. The van der Waals surface area contributed by atoms with E-state index >= 15 is 0 Å².